The van der Waals surface area contributed by atoms with E-state index in [0.29, 0.717) is 6.10 Å². The van der Waals surface area contributed by atoms with Crippen LogP contribution in [-0.4, -0.2) is 35.9 Å². The molecule has 106 valence electrons. The minimum Gasteiger partial charge on any atom is -0.508 e. The lowest BCUT2D eigenvalue weighted by Crippen LogP contribution is -2.23. The summed E-state index contributed by atoms with van der Waals surface area (Å²) < 4.78 is 5.72. The van der Waals surface area contributed by atoms with E-state index in [4.69, 9.17) is 4.74 Å². The van der Waals surface area contributed by atoms with Gasteiger partial charge < -0.3 is 14.7 Å². The number of benzene rings is 1. The summed E-state index contributed by atoms with van der Waals surface area (Å²) >= 11 is 0. The van der Waals surface area contributed by atoms with Gasteiger partial charge in [-0.15, -0.1) is 0 Å². The molecule has 0 bridgehead atoms. The van der Waals surface area contributed by atoms with E-state index in [-0.39, 0.29) is 5.75 Å². The Balaban J connectivity index is 1.99. The number of aromatic nitrogens is 1. The summed E-state index contributed by atoms with van der Waals surface area (Å²) in [6.07, 6.45) is 1.38. The maximum Gasteiger partial charge on any atom is 0.117 e. The van der Waals surface area contributed by atoms with Gasteiger partial charge in [-0.05, 0) is 38.5 Å². The highest BCUT2D eigenvalue weighted by molar-refractivity contribution is 5.92. The van der Waals surface area contributed by atoms with Gasteiger partial charge in [0.2, 0.25) is 0 Å². The molecule has 1 aliphatic rings. The van der Waals surface area contributed by atoms with Crippen LogP contribution in [0.5, 0.6) is 5.75 Å². The van der Waals surface area contributed by atoms with Gasteiger partial charge in [-0.1, -0.05) is 0 Å². The molecule has 2 heterocycles. The number of rotatable bonds is 3. The largest absolute Gasteiger partial charge is 0.508 e. The van der Waals surface area contributed by atoms with Gasteiger partial charge in [0.1, 0.15) is 5.75 Å². The molecular weight excluding hydrogens is 252 g/mol. The van der Waals surface area contributed by atoms with Crippen molar-refractivity contribution in [2.75, 3.05) is 24.6 Å². The highest BCUT2D eigenvalue weighted by Gasteiger charge is 2.24. The SMILES string of the molecule is CCO[C@H]1CCN(c2cc(C)nc3cc(O)ccc23)C1. The van der Waals surface area contributed by atoms with Gasteiger partial charge in [-0.2, -0.15) is 0 Å². The summed E-state index contributed by atoms with van der Waals surface area (Å²) in [5, 5.41) is 10.7. The Kier molecular flexibility index (Phi) is 3.49. The Labute approximate surface area is 119 Å². The van der Waals surface area contributed by atoms with Crippen molar-refractivity contribution in [2.24, 2.45) is 0 Å². The first-order valence-electron chi connectivity index (χ1n) is 7.14. The molecule has 4 heteroatoms. The van der Waals surface area contributed by atoms with E-state index in [1.807, 2.05) is 19.9 Å². The van der Waals surface area contributed by atoms with Crippen molar-refractivity contribution in [3.05, 3.63) is 30.0 Å². The molecule has 20 heavy (non-hydrogen) atoms. The molecule has 1 N–H and O–H groups in total. The van der Waals surface area contributed by atoms with E-state index in [1.54, 1.807) is 12.1 Å². The zero-order valence-electron chi connectivity index (χ0n) is 12.0. The first-order chi connectivity index (χ1) is 9.67. The summed E-state index contributed by atoms with van der Waals surface area (Å²) in [6, 6.07) is 7.51. The Bertz CT molecular complexity index is 622. The lowest BCUT2D eigenvalue weighted by molar-refractivity contribution is 0.0788. The average molecular weight is 272 g/mol. The standard InChI is InChI=1S/C16H20N2O2/c1-3-20-13-6-7-18(10-13)16-8-11(2)17-15-9-12(19)4-5-14(15)16/h4-5,8-9,13,19H,3,6-7,10H2,1-2H3/t13-/m0/s1. The van der Waals surface area contributed by atoms with Gasteiger partial charge in [0.15, 0.2) is 0 Å². The van der Waals surface area contributed by atoms with E-state index in [2.05, 4.69) is 16.0 Å². The van der Waals surface area contributed by atoms with Crippen molar-refractivity contribution in [1.82, 2.24) is 4.98 Å². The Hall–Kier alpha value is -1.81. The number of phenolic OH excluding ortho intramolecular Hbond substituents is 1. The fraction of sp³-hybridized carbons (Fsp3) is 0.438. The first kappa shape index (κ1) is 13.2. The number of aromatic hydroxyl groups is 1. The summed E-state index contributed by atoms with van der Waals surface area (Å²) in [6.45, 7) is 6.72. The number of aryl methyl sites for hydroxylation is 1. The quantitative estimate of drug-likeness (QED) is 0.933. The van der Waals surface area contributed by atoms with Crippen molar-refractivity contribution in [2.45, 2.75) is 26.4 Å². The van der Waals surface area contributed by atoms with Gasteiger partial charge in [-0.25, -0.2) is 0 Å². The Morgan fingerprint density at radius 1 is 1.40 bits per heavy atom. The molecule has 1 fully saturated rings. The minimum atomic E-state index is 0.259. The molecule has 1 atom stereocenters. The Morgan fingerprint density at radius 3 is 3.05 bits per heavy atom. The molecule has 2 aromatic rings. The van der Waals surface area contributed by atoms with Crippen LogP contribution in [0, 0.1) is 6.92 Å². The number of hydrogen-bond acceptors (Lipinski definition) is 4. The highest BCUT2D eigenvalue weighted by Crippen LogP contribution is 2.31. The van der Waals surface area contributed by atoms with Crippen molar-refractivity contribution in [1.29, 1.82) is 0 Å². The molecule has 0 amide bonds. The fourth-order valence-electron chi connectivity index (χ4n) is 2.91. The lowest BCUT2D eigenvalue weighted by Gasteiger charge is -2.21. The van der Waals surface area contributed by atoms with E-state index in [1.165, 1.54) is 5.69 Å². The molecule has 1 aromatic heterocycles. The topological polar surface area (TPSA) is 45.6 Å². The second-order valence-electron chi connectivity index (χ2n) is 5.30. The molecule has 3 rings (SSSR count). The number of anilines is 1. The van der Waals surface area contributed by atoms with Gasteiger partial charge in [-0.3, -0.25) is 4.98 Å². The molecule has 4 nitrogen and oxygen atoms in total. The second-order valence-corrected chi connectivity index (χ2v) is 5.30. The van der Waals surface area contributed by atoms with Crippen molar-refractivity contribution >= 4 is 16.6 Å². The van der Waals surface area contributed by atoms with E-state index in [9.17, 15) is 5.11 Å². The van der Waals surface area contributed by atoms with Crippen LogP contribution >= 0.6 is 0 Å². The van der Waals surface area contributed by atoms with Crippen LogP contribution in [-0.2, 0) is 4.74 Å². The van der Waals surface area contributed by atoms with Crippen LogP contribution in [0.1, 0.15) is 19.0 Å². The van der Waals surface area contributed by atoms with E-state index in [0.717, 1.165) is 42.7 Å². The lowest BCUT2D eigenvalue weighted by atomic mass is 10.1. The predicted octanol–water partition coefficient (Wildman–Crippen LogP) is 2.86. The maximum absolute atomic E-state index is 9.62. The molecule has 1 aromatic carbocycles. The van der Waals surface area contributed by atoms with Crippen LogP contribution in [0.2, 0.25) is 0 Å². The maximum atomic E-state index is 9.62. The molecule has 0 unspecified atom stereocenters. The van der Waals surface area contributed by atoms with Crippen LogP contribution in [0.4, 0.5) is 5.69 Å². The van der Waals surface area contributed by atoms with Crippen molar-refractivity contribution in [3.63, 3.8) is 0 Å². The average Bonchev–Trinajstić information content (AvgIpc) is 2.86. The summed E-state index contributed by atoms with van der Waals surface area (Å²) in [4.78, 5) is 6.86. The number of pyridine rings is 1. The monoisotopic (exact) mass is 272 g/mol. The van der Waals surface area contributed by atoms with E-state index >= 15 is 0 Å². The molecule has 0 aliphatic carbocycles. The summed E-state index contributed by atoms with van der Waals surface area (Å²) in [7, 11) is 0. The van der Waals surface area contributed by atoms with Crippen LogP contribution in [0.15, 0.2) is 24.3 Å². The predicted molar refractivity (Wildman–Crippen MR) is 80.4 cm³/mol. The number of hydrogen-bond donors (Lipinski definition) is 1. The van der Waals surface area contributed by atoms with Gasteiger partial charge in [0.25, 0.3) is 0 Å². The number of nitrogens with zero attached hydrogens (tertiary/aromatic N) is 2. The zero-order valence-corrected chi connectivity index (χ0v) is 12.0. The zero-order chi connectivity index (χ0) is 14.1. The van der Waals surface area contributed by atoms with E-state index < -0.39 is 0 Å². The Morgan fingerprint density at radius 2 is 2.25 bits per heavy atom. The van der Waals surface area contributed by atoms with Crippen molar-refractivity contribution < 1.29 is 9.84 Å². The number of fused-ring (bicyclic) bond motifs is 1. The van der Waals surface area contributed by atoms with Crippen LogP contribution < -0.4 is 4.90 Å². The van der Waals surface area contributed by atoms with Gasteiger partial charge >= 0.3 is 0 Å². The van der Waals surface area contributed by atoms with Crippen LogP contribution in [0.3, 0.4) is 0 Å². The molecule has 0 spiro atoms. The molecule has 0 radical (unpaired) electrons. The highest BCUT2D eigenvalue weighted by atomic mass is 16.5. The van der Waals surface area contributed by atoms with Crippen LogP contribution in [0.25, 0.3) is 10.9 Å². The third kappa shape index (κ3) is 2.43. The molecule has 0 saturated carbocycles. The summed E-state index contributed by atoms with van der Waals surface area (Å²) in [5.41, 5.74) is 3.01. The van der Waals surface area contributed by atoms with Crippen molar-refractivity contribution in [3.8, 4) is 5.75 Å². The third-order valence-electron chi connectivity index (χ3n) is 3.79. The summed E-state index contributed by atoms with van der Waals surface area (Å²) in [5.74, 6) is 0.259. The number of phenols is 1. The normalized spacial score (nSPS) is 18.9. The smallest absolute Gasteiger partial charge is 0.117 e. The van der Waals surface area contributed by atoms with Gasteiger partial charge in [0, 0.05) is 42.5 Å². The fourth-order valence-corrected chi connectivity index (χ4v) is 2.91. The molecular formula is C16H20N2O2. The molecule has 1 aliphatic heterocycles. The minimum absolute atomic E-state index is 0.259. The first-order valence-corrected chi connectivity index (χ1v) is 7.14. The number of ether oxygens (including phenoxy) is 1. The third-order valence-corrected chi connectivity index (χ3v) is 3.79. The molecule has 1 saturated heterocycles. The second kappa shape index (κ2) is 5.29. The van der Waals surface area contributed by atoms with Gasteiger partial charge in [0.05, 0.1) is 11.6 Å².